The molecule has 1 N–H and O–H groups in total. The van der Waals surface area contributed by atoms with Crippen LogP contribution in [-0.4, -0.2) is 43.5 Å². The van der Waals surface area contributed by atoms with Crippen LogP contribution in [0.4, 0.5) is 5.82 Å². The van der Waals surface area contributed by atoms with Gasteiger partial charge >= 0.3 is 0 Å². The van der Waals surface area contributed by atoms with Crippen LogP contribution >= 0.6 is 11.6 Å². The first-order valence-corrected chi connectivity index (χ1v) is 5.12. The van der Waals surface area contributed by atoms with Gasteiger partial charge in [-0.25, -0.2) is 4.98 Å². The third kappa shape index (κ3) is 3.66. The fourth-order valence-corrected chi connectivity index (χ4v) is 1.50. The van der Waals surface area contributed by atoms with Gasteiger partial charge in [0.15, 0.2) is 0 Å². The van der Waals surface area contributed by atoms with Crippen molar-refractivity contribution in [3.63, 3.8) is 0 Å². The van der Waals surface area contributed by atoms with Crippen molar-refractivity contribution in [2.24, 2.45) is 0 Å². The summed E-state index contributed by atoms with van der Waals surface area (Å²) in [5.41, 5.74) is 0. The second-order valence-electron chi connectivity index (χ2n) is 3.01. The van der Waals surface area contributed by atoms with Crippen LogP contribution in [0.5, 0.6) is 0 Å². The minimum Gasteiger partial charge on any atom is -0.395 e. The molecule has 0 aliphatic heterocycles. The molecule has 84 valence electrons. The number of pyridine rings is 1. The molecule has 4 nitrogen and oxygen atoms in total. The first-order valence-electron chi connectivity index (χ1n) is 4.75. The van der Waals surface area contributed by atoms with E-state index in [9.17, 15) is 0 Å². The van der Waals surface area contributed by atoms with Crippen molar-refractivity contribution in [3.05, 3.63) is 23.4 Å². The molecule has 0 amide bonds. The molecule has 0 aromatic carbocycles. The molecule has 0 saturated carbocycles. The van der Waals surface area contributed by atoms with Gasteiger partial charge in [-0.15, -0.1) is 0 Å². The molecule has 0 unspecified atom stereocenters. The minimum absolute atomic E-state index is 0.0661. The molecular formula is C10H15ClN2O2. The Hall–Kier alpha value is -0.840. The number of hydrogen-bond donors (Lipinski definition) is 1. The van der Waals surface area contributed by atoms with E-state index in [2.05, 4.69) is 4.98 Å². The van der Waals surface area contributed by atoms with E-state index in [1.54, 1.807) is 25.4 Å². The van der Waals surface area contributed by atoms with Crippen molar-refractivity contribution in [1.29, 1.82) is 0 Å². The van der Waals surface area contributed by atoms with E-state index in [1.807, 2.05) is 4.90 Å². The largest absolute Gasteiger partial charge is 0.395 e. The molecule has 0 saturated heterocycles. The lowest BCUT2D eigenvalue weighted by Gasteiger charge is -2.23. The van der Waals surface area contributed by atoms with Crippen LogP contribution in [0.15, 0.2) is 18.3 Å². The summed E-state index contributed by atoms with van der Waals surface area (Å²) in [6, 6.07) is 3.56. The molecular weight excluding hydrogens is 216 g/mol. The lowest BCUT2D eigenvalue weighted by atomic mass is 10.4. The lowest BCUT2D eigenvalue weighted by molar-refractivity contribution is 0.202. The highest BCUT2D eigenvalue weighted by atomic mass is 35.5. The number of aliphatic hydroxyl groups is 1. The number of ether oxygens (including phenoxy) is 1. The Kier molecular flexibility index (Phi) is 5.39. The molecule has 0 bridgehead atoms. The number of anilines is 1. The van der Waals surface area contributed by atoms with E-state index in [4.69, 9.17) is 21.4 Å². The molecule has 0 aliphatic carbocycles. The number of rotatable bonds is 6. The van der Waals surface area contributed by atoms with Crippen molar-refractivity contribution >= 4 is 17.4 Å². The van der Waals surface area contributed by atoms with Gasteiger partial charge in [0.1, 0.15) is 5.82 Å². The molecule has 0 spiro atoms. The Morgan fingerprint density at radius 3 is 2.93 bits per heavy atom. The van der Waals surface area contributed by atoms with E-state index >= 15 is 0 Å². The zero-order valence-electron chi connectivity index (χ0n) is 8.69. The predicted molar refractivity (Wildman–Crippen MR) is 60.4 cm³/mol. The minimum atomic E-state index is 0.0661. The number of methoxy groups -OCH3 is 1. The fourth-order valence-electron chi connectivity index (χ4n) is 1.26. The summed E-state index contributed by atoms with van der Waals surface area (Å²) in [4.78, 5) is 6.07. The number of nitrogens with zero attached hydrogens (tertiary/aromatic N) is 2. The SMILES string of the molecule is COCCN(CCO)c1ncccc1Cl. The highest BCUT2D eigenvalue weighted by molar-refractivity contribution is 6.32. The predicted octanol–water partition coefficient (Wildman–Crippen LogP) is 1.18. The van der Waals surface area contributed by atoms with Crippen LogP contribution in [0.1, 0.15) is 0 Å². The summed E-state index contributed by atoms with van der Waals surface area (Å²) >= 11 is 6.01. The van der Waals surface area contributed by atoms with Gasteiger partial charge in [-0.1, -0.05) is 11.6 Å². The second kappa shape index (κ2) is 6.61. The first-order chi connectivity index (χ1) is 7.29. The Balaban J connectivity index is 2.74. The van der Waals surface area contributed by atoms with Gasteiger partial charge in [0.2, 0.25) is 0 Å². The standard InChI is InChI=1S/C10H15ClN2O2/c1-15-8-6-13(5-7-14)10-9(11)3-2-4-12-10/h2-4,14H,5-8H2,1H3. The van der Waals surface area contributed by atoms with Crippen molar-refractivity contribution in [3.8, 4) is 0 Å². The lowest BCUT2D eigenvalue weighted by Crippen LogP contribution is -2.31. The van der Waals surface area contributed by atoms with Crippen LogP contribution in [0, 0.1) is 0 Å². The van der Waals surface area contributed by atoms with Gasteiger partial charge in [-0.3, -0.25) is 0 Å². The first kappa shape index (κ1) is 12.2. The molecule has 1 aromatic heterocycles. The highest BCUT2D eigenvalue weighted by Crippen LogP contribution is 2.21. The summed E-state index contributed by atoms with van der Waals surface area (Å²) in [6.45, 7) is 1.80. The van der Waals surface area contributed by atoms with Crippen molar-refractivity contribution < 1.29 is 9.84 Å². The van der Waals surface area contributed by atoms with Crippen LogP contribution in [-0.2, 0) is 4.74 Å². The van der Waals surface area contributed by atoms with E-state index in [0.29, 0.717) is 30.5 Å². The maximum absolute atomic E-state index is 8.93. The van der Waals surface area contributed by atoms with E-state index < -0.39 is 0 Å². The van der Waals surface area contributed by atoms with Crippen LogP contribution in [0.25, 0.3) is 0 Å². The van der Waals surface area contributed by atoms with Crippen molar-refractivity contribution in [2.75, 3.05) is 38.3 Å². The zero-order valence-corrected chi connectivity index (χ0v) is 9.44. The summed E-state index contributed by atoms with van der Waals surface area (Å²) in [5.74, 6) is 0.685. The Labute approximate surface area is 94.4 Å². The van der Waals surface area contributed by atoms with E-state index in [1.165, 1.54) is 0 Å². The molecule has 0 atom stereocenters. The molecule has 5 heteroatoms. The van der Waals surface area contributed by atoms with Gasteiger partial charge in [-0.2, -0.15) is 0 Å². The molecule has 0 radical (unpaired) electrons. The van der Waals surface area contributed by atoms with Crippen LogP contribution in [0.2, 0.25) is 5.02 Å². The zero-order chi connectivity index (χ0) is 11.1. The number of aromatic nitrogens is 1. The maximum atomic E-state index is 8.93. The molecule has 1 heterocycles. The van der Waals surface area contributed by atoms with Gasteiger partial charge in [0.05, 0.1) is 18.2 Å². The Morgan fingerprint density at radius 1 is 1.53 bits per heavy atom. The Morgan fingerprint density at radius 2 is 2.33 bits per heavy atom. The average molecular weight is 231 g/mol. The molecule has 0 aliphatic rings. The van der Waals surface area contributed by atoms with Gasteiger partial charge in [0.25, 0.3) is 0 Å². The van der Waals surface area contributed by atoms with Crippen molar-refractivity contribution in [1.82, 2.24) is 4.98 Å². The Bertz CT molecular complexity index is 297. The smallest absolute Gasteiger partial charge is 0.147 e. The van der Waals surface area contributed by atoms with Gasteiger partial charge in [-0.05, 0) is 12.1 Å². The van der Waals surface area contributed by atoms with Gasteiger partial charge in [0, 0.05) is 26.4 Å². The van der Waals surface area contributed by atoms with Crippen LogP contribution < -0.4 is 4.90 Å². The second-order valence-corrected chi connectivity index (χ2v) is 3.42. The quantitative estimate of drug-likeness (QED) is 0.797. The average Bonchev–Trinajstić information content (AvgIpc) is 2.25. The van der Waals surface area contributed by atoms with Crippen molar-refractivity contribution in [2.45, 2.75) is 0 Å². The number of halogens is 1. The van der Waals surface area contributed by atoms with Gasteiger partial charge < -0.3 is 14.7 Å². The third-order valence-electron chi connectivity index (χ3n) is 1.97. The molecule has 0 fully saturated rings. The molecule has 15 heavy (non-hydrogen) atoms. The number of hydrogen-bond acceptors (Lipinski definition) is 4. The maximum Gasteiger partial charge on any atom is 0.147 e. The fraction of sp³-hybridized carbons (Fsp3) is 0.500. The summed E-state index contributed by atoms with van der Waals surface area (Å²) in [5, 5.41) is 9.52. The summed E-state index contributed by atoms with van der Waals surface area (Å²) < 4.78 is 4.99. The monoisotopic (exact) mass is 230 g/mol. The van der Waals surface area contributed by atoms with Crippen LogP contribution in [0.3, 0.4) is 0 Å². The normalized spacial score (nSPS) is 10.3. The molecule has 1 aromatic rings. The summed E-state index contributed by atoms with van der Waals surface area (Å²) in [7, 11) is 1.64. The summed E-state index contributed by atoms with van der Waals surface area (Å²) in [6.07, 6.45) is 1.68. The number of aliphatic hydroxyl groups excluding tert-OH is 1. The third-order valence-corrected chi connectivity index (χ3v) is 2.27. The van der Waals surface area contributed by atoms with E-state index in [-0.39, 0.29) is 6.61 Å². The van der Waals surface area contributed by atoms with E-state index in [0.717, 1.165) is 0 Å². The molecule has 1 rings (SSSR count). The highest BCUT2D eigenvalue weighted by Gasteiger charge is 2.10. The topological polar surface area (TPSA) is 45.6 Å².